The minimum absolute atomic E-state index is 0.228. The molecule has 2 aliphatic heterocycles. The van der Waals surface area contributed by atoms with Crippen molar-refractivity contribution >= 4 is 31.1 Å². The fourth-order valence-corrected chi connectivity index (χ4v) is 3.01. The van der Waals surface area contributed by atoms with Crippen LogP contribution in [-0.4, -0.2) is 30.2 Å². The number of rotatable bonds is 3. The summed E-state index contributed by atoms with van der Waals surface area (Å²) in [4.78, 5) is 12.3. The molecule has 0 aromatic heterocycles. The van der Waals surface area contributed by atoms with Gasteiger partial charge in [-0.05, 0) is 39.7 Å². The third-order valence-electron chi connectivity index (χ3n) is 4.40. The molecule has 0 radical (unpaired) electrons. The zero-order chi connectivity index (χ0) is 16.7. The molecule has 0 spiro atoms. The van der Waals surface area contributed by atoms with Crippen LogP contribution in [0.25, 0.3) is 0 Å². The lowest BCUT2D eigenvalue weighted by molar-refractivity contribution is 0.0951. The topological polar surface area (TPSA) is 88.0 Å². The van der Waals surface area contributed by atoms with Gasteiger partial charge in [-0.15, -0.1) is 0 Å². The molecular weight excluding hydrogens is 308 g/mol. The Morgan fingerprint density at radius 3 is 2.33 bits per heavy atom. The number of hydrogen-bond acceptors (Lipinski definition) is 5. The summed E-state index contributed by atoms with van der Waals surface area (Å²) >= 11 is 0. The highest BCUT2D eigenvalue weighted by molar-refractivity contribution is 6.62. The fourth-order valence-electron chi connectivity index (χ4n) is 3.01. The van der Waals surface area contributed by atoms with E-state index < -0.39 is 14.2 Å². The van der Waals surface area contributed by atoms with E-state index in [1.54, 1.807) is 18.2 Å². The predicted octanol–water partition coefficient (Wildman–Crippen LogP) is -0.948. The maximum atomic E-state index is 12.3. The molecule has 2 aliphatic rings. The first-order valence-electron chi connectivity index (χ1n) is 7.74. The number of amides is 1. The lowest BCUT2D eigenvalue weighted by atomic mass is 9.78. The largest absolute Gasteiger partial charge is 0.491 e. The maximum absolute atomic E-state index is 12.3. The molecule has 0 saturated heterocycles. The van der Waals surface area contributed by atoms with Crippen molar-refractivity contribution in [3.8, 4) is 0 Å². The first-order valence-corrected chi connectivity index (χ1v) is 7.74. The Hall–Kier alpha value is -2.12. The smallest absolute Gasteiger partial charge is 0.423 e. The number of carbonyl (C=O) groups excluding carboxylic acids is 1. The minimum Gasteiger partial charge on any atom is -0.423 e. The summed E-state index contributed by atoms with van der Waals surface area (Å²) in [5, 5.41) is 22.3. The summed E-state index contributed by atoms with van der Waals surface area (Å²) in [5.41, 5.74) is 4.61. The van der Waals surface area contributed by atoms with Crippen LogP contribution in [0.15, 0.2) is 36.4 Å². The molecule has 0 atom stereocenters. The molecule has 1 amide bonds. The first kappa shape index (κ1) is 15.4. The van der Waals surface area contributed by atoms with E-state index in [9.17, 15) is 14.8 Å². The molecule has 0 bridgehead atoms. The van der Waals surface area contributed by atoms with E-state index >= 15 is 0 Å². The van der Waals surface area contributed by atoms with Gasteiger partial charge in [-0.2, -0.15) is 0 Å². The highest BCUT2D eigenvalue weighted by Gasteiger charge is 2.28. The van der Waals surface area contributed by atoms with Crippen LogP contribution in [0.5, 0.6) is 0 Å². The van der Waals surface area contributed by atoms with Crippen LogP contribution in [0.1, 0.15) is 27.0 Å². The van der Waals surface area contributed by atoms with Gasteiger partial charge in [-0.3, -0.25) is 4.79 Å². The Morgan fingerprint density at radius 2 is 1.62 bits per heavy atom. The van der Waals surface area contributed by atoms with Crippen LogP contribution >= 0.6 is 0 Å². The number of nitrogens with one attached hydrogen (secondary N) is 1. The van der Waals surface area contributed by atoms with E-state index in [0.717, 1.165) is 22.2 Å². The van der Waals surface area contributed by atoms with Crippen molar-refractivity contribution in [2.24, 2.45) is 0 Å². The second kappa shape index (κ2) is 6.07. The fraction of sp³-hybridized carbons (Fsp3) is 0.188. The Balaban J connectivity index is 1.46. The van der Waals surface area contributed by atoms with Gasteiger partial charge in [0.15, 0.2) is 0 Å². The van der Waals surface area contributed by atoms with Crippen LogP contribution < -0.4 is 16.2 Å². The van der Waals surface area contributed by atoms with Crippen LogP contribution in [0.2, 0.25) is 0 Å². The Kier molecular flexibility index (Phi) is 3.90. The number of hydrogen-bond donors (Lipinski definition) is 3. The van der Waals surface area contributed by atoms with E-state index in [4.69, 9.17) is 9.31 Å². The number of benzene rings is 2. The highest BCUT2D eigenvalue weighted by Crippen LogP contribution is 2.13. The molecule has 2 aromatic carbocycles. The van der Waals surface area contributed by atoms with Crippen molar-refractivity contribution in [1.29, 1.82) is 0 Å². The molecule has 0 unspecified atom stereocenters. The van der Waals surface area contributed by atoms with E-state index in [0.29, 0.717) is 30.8 Å². The van der Waals surface area contributed by atoms with Crippen molar-refractivity contribution in [1.82, 2.24) is 5.32 Å². The standard InChI is InChI=1S/C16H15B2NO5/c20-16(11-3-4-13-9-24-18(22)15(13)6-11)19-7-10-1-2-12-8-23-17(21)14(12)5-10/h1-6,21-22H,7-9H2,(H,19,20). The Morgan fingerprint density at radius 1 is 1.00 bits per heavy atom. The SMILES string of the molecule is O=C(NCc1ccc2c(c1)B(O)OC2)c1ccc2c(c1)B(O)OC2. The van der Waals surface area contributed by atoms with E-state index in [2.05, 4.69) is 5.32 Å². The van der Waals surface area contributed by atoms with Crippen molar-refractivity contribution < 1.29 is 24.2 Å². The van der Waals surface area contributed by atoms with E-state index in [1.807, 2.05) is 18.2 Å². The molecule has 0 saturated carbocycles. The number of carbonyl (C=O) groups is 1. The summed E-state index contributed by atoms with van der Waals surface area (Å²) in [6, 6.07) is 10.8. The Bertz CT molecular complexity index is 813. The third-order valence-corrected chi connectivity index (χ3v) is 4.40. The van der Waals surface area contributed by atoms with Crippen LogP contribution in [0.3, 0.4) is 0 Å². The maximum Gasteiger partial charge on any atom is 0.491 e. The van der Waals surface area contributed by atoms with Gasteiger partial charge in [0.25, 0.3) is 5.91 Å². The predicted molar refractivity (Wildman–Crippen MR) is 88.8 cm³/mol. The molecule has 4 rings (SSSR count). The van der Waals surface area contributed by atoms with Crippen molar-refractivity contribution in [2.75, 3.05) is 0 Å². The van der Waals surface area contributed by atoms with Gasteiger partial charge in [-0.1, -0.05) is 24.3 Å². The molecule has 2 aromatic rings. The van der Waals surface area contributed by atoms with Gasteiger partial charge in [0.1, 0.15) is 0 Å². The average Bonchev–Trinajstić information content (AvgIpc) is 3.16. The molecule has 2 heterocycles. The minimum atomic E-state index is -0.967. The summed E-state index contributed by atoms with van der Waals surface area (Å²) in [5.74, 6) is -0.228. The van der Waals surface area contributed by atoms with Gasteiger partial charge < -0.3 is 24.7 Å². The molecule has 8 heteroatoms. The molecule has 0 aliphatic carbocycles. The lowest BCUT2D eigenvalue weighted by Gasteiger charge is -2.08. The third kappa shape index (κ3) is 2.74. The second-order valence-electron chi connectivity index (χ2n) is 5.96. The van der Waals surface area contributed by atoms with Crippen molar-refractivity contribution in [3.05, 3.63) is 58.7 Å². The molecular formula is C16H15B2NO5. The molecule has 0 fully saturated rings. The van der Waals surface area contributed by atoms with Crippen molar-refractivity contribution in [2.45, 2.75) is 19.8 Å². The quantitative estimate of drug-likeness (QED) is 0.634. The second-order valence-corrected chi connectivity index (χ2v) is 5.96. The summed E-state index contributed by atoms with van der Waals surface area (Å²) in [6.45, 7) is 1.11. The highest BCUT2D eigenvalue weighted by atomic mass is 16.5. The summed E-state index contributed by atoms with van der Waals surface area (Å²) < 4.78 is 10.3. The van der Waals surface area contributed by atoms with Crippen LogP contribution in [0, 0.1) is 0 Å². The normalized spacial score (nSPS) is 15.4. The van der Waals surface area contributed by atoms with Crippen LogP contribution in [-0.2, 0) is 29.1 Å². The lowest BCUT2D eigenvalue weighted by Crippen LogP contribution is -2.31. The summed E-state index contributed by atoms with van der Waals surface area (Å²) in [6.07, 6.45) is 0. The zero-order valence-electron chi connectivity index (χ0n) is 12.9. The zero-order valence-corrected chi connectivity index (χ0v) is 12.9. The summed E-state index contributed by atoms with van der Waals surface area (Å²) in [7, 11) is -1.86. The van der Waals surface area contributed by atoms with Gasteiger partial charge in [0.2, 0.25) is 0 Å². The van der Waals surface area contributed by atoms with Crippen molar-refractivity contribution in [3.63, 3.8) is 0 Å². The first-order chi connectivity index (χ1) is 11.6. The van der Waals surface area contributed by atoms with Gasteiger partial charge in [0.05, 0.1) is 13.2 Å². The molecule has 120 valence electrons. The van der Waals surface area contributed by atoms with E-state index in [-0.39, 0.29) is 5.91 Å². The van der Waals surface area contributed by atoms with Crippen LogP contribution in [0.4, 0.5) is 0 Å². The molecule has 6 nitrogen and oxygen atoms in total. The Labute approximate surface area is 139 Å². The molecule has 24 heavy (non-hydrogen) atoms. The van der Waals surface area contributed by atoms with Gasteiger partial charge in [-0.25, -0.2) is 0 Å². The van der Waals surface area contributed by atoms with Gasteiger partial charge >= 0.3 is 14.2 Å². The number of fused-ring (bicyclic) bond motifs is 2. The molecule has 3 N–H and O–H groups in total. The van der Waals surface area contributed by atoms with E-state index in [1.165, 1.54) is 0 Å². The monoisotopic (exact) mass is 323 g/mol. The van der Waals surface area contributed by atoms with Gasteiger partial charge in [0, 0.05) is 12.1 Å². The average molecular weight is 323 g/mol.